The molecule has 0 atom stereocenters. The molecule has 1 aliphatic heterocycles. The minimum absolute atomic E-state index is 0.0532. The third-order valence-electron chi connectivity index (χ3n) is 5.58. The van der Waals surface area contributed by atoms with Gasteiger partial charge in [-0.15, -0.1) is 0 Å². The van der Waals surface area contributed by atoms with Crippen molar-refractivity contribution in [3.05, 3.63) is 64.9 Å². The molecule has 5 rings (SSSR count). The van der Waals surface area contributed by atoms with Gasteiger partial charge in [0.25, 0.3) is 0 Å². The van der Waals surface area contributed by atoms with E-state index < -0.39 is 21.7 Å². The third kappa shape index (κ3) is 4.22. The van der Waals surface area contributed by atoms with Crippen LogP contribution < -0.4 is 10.0 Å². The molecule has 0 fully saturated rings. The van der Waals surface area contributed by atoms with E-state index in [2.05, 4.69) is 30.2 Å². The Morgan fingerprint density at radius 3 is 2.73 bits per heavy atom. The van der Waals surface area contributed by atoms with Crippen LogP contribution in [0.15, 0.2) is 36.5 Å². The van der Waals surface area contributed by atoms with Crippen molar-refractivity contribution in [1.82, 2.24) is 30.2 Å². The number of nitrogens with zero attached hydrogens (tertiary/aromatic N) is 3. The maximum atomic E-state index is 15.2. The molecule has 1 aliphatic rings. The first kappa shape index (κ1) is 21.6. The first-order valence-corrected chi connectivity index (χ1v) is 12.2. The van der Waals surface area contributed by atoms with Gasteiger partial charge in [-0.1, -0.05) is 24.3 Å². The van der Waals surface area contributed by atoms with Gasteiger partial charge < -0.3 is 5.32 Å². The average Bonchev–Trinajstić information content (AvgIpc) is 3.21. The smallest absolute Gasteiger partial charge is 0.209 e. The maximum absolute atomic E-state index is 15.2. The highest BCUT2D eigenvalue weighted by atomic mass is 32.2. The fourth-order valence-electron chi connectivity index (χ4n) is 3.89. The zero-order valence-electron chi connectivity index (χ0n) is 17.6. The van der Waals surface area contributed by atoms with Crippen LogP contribution in [0.3, 0.4) is 0 Å². The lowest BCUT2D eigenvalue weighted by Crippen LogP contribution is -2.25. The van der Waals surface area contributed by atoms with E-state index in [-0.39, 0.29) is 17.9 Å². The number of hydrogen-bond acceptors (Lipinski definition) is 6. The van der Waals surface area contributed by atoms with E-state index in [1.165, 1.54) is 12.3 Å². The van der Waals surface area contributed by atoms with Gasteiger partial charge in [0.15, 0.2) is 5.82 Å². The summed E-state index contributed by atoms with van der Waals surface area (Å²) in [5.41, 5.74) is 3.77. The highest BCUT2D eigenvalue weighted by Crippen LogP contribution is 2.32. The number of sulfonamides is 1. The molecule has 0 unspecified atom stereocenters. The van der Waals surface area contributed by atoms with Gasteiger partial charge in [0, 0.05) is 24.2 Å². The number of hydrogen-bond donors (Lipinski definition) is 3. The predicted molar refractivity (Wildman–Crippen MR) is 120 cm³/mol. The summed E-state index contributed by atoms with van der Waals surface area (Å²) in [7, 11) is -3.30. The summed E-state index contributed by atoms with van der Waals surface area (Å²) < 4.78 is 55.1. The highest BCUT2D eigenvalue weighted by molar-refractivity contribution is 7.88. The van der Waals surface area contributed by atoms with Gasteiger partial charge in [-0.2, -0.15) is 5.10 Å². The van der Waals surface area contributed by atoms with Crippen LogP contribution in [0, 0.1) is 11.6 Å². The van der Waals surface area contributed by atoms with Crippen molar-refractivity contribution in [3.63, 3.8) is 0 Å². The Hall–Kier alpha value is -3.28. The molecule has 0 saturated heterocycles. The molecular weight excluding hydrogens is 450 g/mol. The van der Waals surface area contributed by atoms with Crippen LogP contribution in [-0.2, 0) is 29.5 Å². The lowest BCUT2D eigenvalue weighted by Gasteiger charge is -2.19. The molecule has 4 aromatic rings. The van der Waals surface area contributed by atoms with Crippen LogP contribution in [-0.4, -0.2) is 41.4 Å². The van der Waals surface area contributed by atoms with E-state index in [1.807, 2.05) is 0 Å². The number of fused-ring (bicyclic) bond motifs is 2. The minimum atomic E-state index is -3.30. The van der Waals surface area contributed by atoms with Crippen molar-refractivity contribution >= 4 is 21.1 Å². The first-order valence-electron chi connectivity index (χ1n) is 10.3. The average molecular weight is 471 g/mol. The van der Waals surface area contributed by atoms with Gasteiger partial charge in [-0.3, -0.25) is 5.10 Å². The van der Waals surface area contributed by atoms with Gasteiger partial charge >= 0.3 is 0 Å². The van der Waals surface area contributed by atoms with E-state index in [9.17, 15) is 12.8 Å². The van der Waals surface area contributed by atoms with Gasteiger partial charge in [-0.05, 0) is 30.2 Å². The Morgan fingerprint density at radius 1 is 1.18 bits per heavy atom. The fraction of sp³-hybridized carbons (Fsp3) is 0.227. The van der Waals surface area contributed by atoms with Gasteiger partial charge in [0.1, 0.15) is 28.4 Å². The van der Waals surface area contributed by atoms with Gasteiger partial charge in [-0.25, -0.2) is 31.9 Å². The molecule has 0 saturated carbocycles. The number of aromatic amines is 1. The second-order valence-electron chi connectivity index (χ2n) is 7.93. The summed E-state index contributed by atoms with van der Waals surface area (Å²) in [5.74, 6) is -1.40. The molecule has 11 heteroatoms. The second-order valence-corrected chi connectivity index (χ2v) is 9.76. The fourth-order valence-corrected chi connectivity index (χ4v) is 4.32. The minimum Gasteiger partial charge on any atom is -0.312 e. The van der Waals surface area contributed by atoms with Crippen LogP contribution in [0.5, 0.6) is 0 Å². The molecule has 3 heterocycles. The van der Waals surface area contributed by atoms with Crippen molar-refractivity contribution in [1.29, 1.82) is 0 Å². The van der Waals surface area contributed by atoms with E-state index in [0.717, 1.165) is 11.8 Å². The van der Waals surface area contributed by atoms with Crippen LogP contribution >= 0.6 is 0 Å². The Morgan fingerprint density at radius 2 is 1.97 bits per heavy atom. The van der Waals surface area contributed by atoms with E-state index in [1.54, 1.807) is 24.3 Å². The largest absolute Gasteiger partial charge is 0.312 e. The zero-order valence-corrected chi connectivity index (χ0v) is 18.4. The van der Waals surface area contributed by atoms with E-state index in [0.29, 0.717) is 52.9 Å². The van der Waals surface area contributed by atoms with E-state index >= 15 is 4.39 Å². The van der Waals surface area contributed by atoms with Crippen molar-refractivity contribution in [3.8, 4) is 22.6 Å². The Bertz CT molecular complexity index is 1470. The summed E-state index contributed by atoms with van der Waals surface area (Å²) >= 11 is 0. The Labute approximate surface area is 188 Å². The monoisotopic (exact) mass is 470 g/mol. The lowest BCUT2D eigenvalue weighted by atomic mass is 9.96. The summed E-state index contributed by atoms with van der Waals surface area (Å²) in [6.45, 7) is 1.17. The maximum Gasteiger partial charge on any atom is 0.209 e. The normalized spacial score (nSPS) is 13.9. The molecule has 2 aromatic carbocycles. The van der Waals surface area contributed by atoms with Crippen LogP contribution in [0.4, 0.5) is 8.78 Å². The molecule has 8 nitrogen and oxygen atoms in total. The summed E-state index contributed by atoms with van der Waals surface area (Å²) in [6.07, 6.45) is 3.11. The summed E-state index contributed by atoms with van der Waals surface area (Å²) in [5, 5.41) is 10.2. The number of benzene rings is 2. The topological polar surface area (TPSA) is 113 Å². The molecule has 0 aliphatic carbocycles. The quantitative estimate of drug-likeness (QED) is 0.413. The van der Waals surface area contributed by atoms with Crippen molar-refractivity contribution in [2.24, 2.45) is 0 Å². The molecular formula is C22H20F2N6O2S. The van der Waals surface area contributed by atoms with Crippen LogP contribution in [0.25, 0.3) is 33.7 Å². The number of halogens is 2. The van der Waals surface area contributed by atoms with E-state index in [4.69, 9.17) is 0 Å². The lowest BCUT2D eigenvalue weighted by molar-refractivity contribution is 0.542. The second kappa shape index (κ2) is 8.25. The van der Waals surface area contributed by atoms with Crippen LogP contribution in [0.2, 0.25) is 0 Å². The highest BCUT2D eigenvalue weighted by Gasteiger charge is 2.24. The SMILES string of the molecule is CS(=O)(=O)NCc1ccc(-c2n[nH]c3cnc(-c4c(F)cc5c(c4F)CNCC5)nc23)cc1. The van der Waals surface area contributed by atoms with Crippen LogP contribution in [0.1, 0.15) is 16.7 Å². The van der Waals surface area contributed by atoms with Crippen molar-refractivity contribution in [2.45, 2.75) is 19.5 Å². The van der Waals surface area contributed by atoms with Crippen molar-refractivity contribution < 1.29 is 17.2 Å². The summed E-state index contributed by atoms with van der Waals surface area (Å²) in [4.78, 5) is 8.61. The molecule has 0 bridgehead atoms. The molecule has 0 radical (unpaired) electrons. The number of rotatable bonds is 5. The molecule has 0 spiro atoms. The van der Waals surface area contributed by atoms with Gasteiger partial charge in [0.05, 0.1) is 18.0 Å². The number of aromatic nitrogens is 4. The Balaban J connectivity index is 1.53. The third-order valence-corrected chi connectivity index (χ3v) is 6.24. The molecule has 3 N–H and O–H groups in total. The first-order chi connectivity index (χ1) is 15.8. The summed E-state index contributed by atoms with van der Waals surface area (Å²) in [6, 6.07) is 8.46. The molecule has 2 aromatic heterocycles. The standard InChI is InChI=1S/C22H20F2N6O2S/c1-33(31,32)27-9-12-2-4-13(5-3-12)20-21-17(29-30-20)11-26-22(28-21)18-16(23)8-14-6-7-25-10-15(14)19(18)24/h2-5,8,11,25,27H,6-7,9-10H2,1H3,(H,29,30). The Kier molecular flexibility index (Phi) is 5.39. The molecule has 170 valence electrons. The predicted octanol–water partition coefficient (Wildman–Crippen LogP) is 2.66. The number of nitrogens with one attached hydrogen (secondary N) is 3. The van der Waals surface area contributed by atoms with Crippen molar-refractivity contribution in [2.75, 3.05) is 12.8 Å². The molecule has 33 heavy (non-hydrogen) atoms. The van der Waals surface area contributed by atoms with Gasteiger partial charge in [0.2, 0.25) is 10.0 Å². The molecule has 0 amide bonds. The zero-order chi connectivity index (χ0) is 23.2. The number of H-pyrrole nitrogens is 1.